The summed E-state index contributed by atoms with van der Waals surface area (Å²) in [5.41, 5.74) is 0.689. The lowest BCUT2D eigenvalue weighted by Crippen LogP contribution is -2.52. The van der Waals surface area contributed by atoms with E-state index in [1.54, 1.807) is 6.07 Å². The van der Waals surface area contributed by atoms with Crippen LogP contribution in [0.3, 0.4) is 0 Å². The summed E-state index contributed by atoms with van der Waals surface area (Å²) in [5.74, 6) is 0.794. The van der Waals surface area contributed by atoms with Crippen LogP contribution < -0.4 is 10.2 Å². The van der Waals surface area contributed by atoms with Gasteiger partial charge in [-0.1, -0.05) is 12.1 Å². The zero-order chi connectivity index (χ0) is 19.6. The second-order valence-electron chi connectivity index (χ2n) is 7.20. The minimum absolute atomic E-state index is 0. The van der Waals surface area contributed by atoms with Crippen LogP contribution in [0.4, 0.5) is 10.1 Å². The molecule has 1 aromatic rings. The highest BCUT2D eigenvalue weighted by Crippen LogP contribution is 2.20. The van der Waals surface area contributed by atoms with E-state index in [4.69, 9.17) is 14.5 Å². The SMILES string of the molecule is CCNC(=NCCCOC1CCOCC1)N1CCN(c2ccccc2F)CC1.I. The van der Waals surface area contributed by atoms with Gasteiger partial charge < -0.3 is 24.6 Å². The zero-order valence-corrected chi connectivity index (χ0v) is 19.6. The van der Waals surface area contributed by atoms with Gasteiger partial charge in [-0.05, 0) is 38.3 Å². The fraction of sp³-hybridized carbons (Fsp3) is 0.667. The molecule has 2 heterocycles. The molecule has 0 atom stereocenters. The number of para-hydroxylation sites is 1. The van der Waals surface area contributed by atoms with Gasteiger partial charge in [-0.3, -0.25) is 4.99 Å². The van der Waals surface area contributed by atoms with Crippen molar-refractivity contribution in [1.29, 1.82) is 0 Å². The first-order valence-corrected chi connectivity index (χ1v) is 10.5. The number of hydrogen-bond acceptors (Lipinski definition) is 4. The molecule has 164 valence electrons. The first-order valence-electron chi connectivity index (χ1n) is 10.5. The number of piperazine rings is 1. The van der Waals surface area contributed by atoms with Crippen molar-refractivity contribution in [2.24, 2.45) is 4.99 Å². The van der Waals surface area contributed by atoms with Gasteiger partial charge >= 0.3 is 0 Å². The zero-order valence-electron chi connectivity index (χ0n) is 17.3. The number of nitrogens with one attached hydrogen (secondary N) is 1. The van der Waals surface area contributed by atoms with E-state index >= 15 is 0 Å². The summed E-state index contributed by atoms with van der Waals surface area (Å²) in [5, 5.41) is 3.38. The largest absolute Gasteiger partial charge is 0.381 e. The van der Waals surface area contributed by atoms with Gasteiger partial charge in [0, 0.05) is 59.1 Å². The average molecular weight is 520 g/mol. The van der Waals surface area contributed by atoms with Crippen LogP contribution in [0.25, 0.3) is 0 Å². The van der Waals surface area contributed by atoms with E-state index in [0.717, 1.165) is 84.3 Å². The number of nitrogens with zero attached hydrogens (tertiary/aromatic N) is 3. The maximum atomic E-state index is 14.0. The minimum atomic E-state index is -0.152. The van der Waals surface area contributed by atoms with Crippen molar-refractivity contribution in [3.63, 3.8) is 0 Å². The van der Waals surface area contributed by atoms with Crippen LogP contribution >= 0.6 is 24.0 Å². The summed E-state index contributed by atoms with van der Waals surface area (Å²) < 4.78 is 25.3. The van der Waals surface area contributed by atoms with Crippen LogP contribution in [0.2, 0.25) is 0 Å². The fourth-order valence-electron chi connectivity index (χ4n) is 3.64. The topological polar surface area (TPSA) is 49.3 Å². The number of hydrogen-bond donors (Lipinski definition) is 1. The highest BCUT2D eigenvalue weighted by atomic mass is 127. The summed E-state index contributed by atoms with van der Waals surface area (Å²) >= 11 is 0. The molecule has 0 saturated carbocycles. The summed E-state index contributed by atoms with van der Waals surface area (Å²) in [4.78, 5) is 9.14. The van der Waals surface area contributed by atoms with E-state index in [-0.39, 0.29) is 29.8 Å². The first kappa shape index (κ1) is 24.1. The van der Waals surface area contributed by atoms with Gasteiger partial charge in [0.05, 0.1) is 11.8 Å². The van der Waals surface area contributed by atoms with E-state index < -0.39 is 0 Å². The highest BCUT2D eigenvalue weighted by molar-refractivity contribution is 14.0. The van der Waals surface area contributed by atoms with Gasteiger partial charge in [-0.2, -0.15) is 0 Å². The van der Waals surface area contributed by atoms with E-state index in [9.17, 15) is 4.39 Å². The third-order valence-electron chi connectivity index (χ3n) is 5.19. The predicted octanol–water partition coefficient (Wildman–Crippen LogP) is 3.12. The second-order valence-corrected chi connectivity index (χ2v) is 7.20. The van der Waals surface area contributed by atoms with E-state index in [2.05, 4.69) is 22.0 Å². The van der Waals surface area contributed by atoms with Crippen molar-refractivity contribution in [2.45, 2.75) is 32.3 Å². The summed E-state index contributed by atoms with van der Waals surface area (Å²) in [7, 11) is 0. The van der Waals surface area contributed by atoms with E-state index in [1.807, 2.05) is 12.1 Å². The molecule has 0 aliphatic carbocycles. The number of halogens is 2. The van der Waals surface area contributed by atoms with Crippen LogP contribution in [0.1, 0.15) is 26.2 Å². The molecule has 1 N–H and O–H groups in total. The number of rotatable bonds is 7. The van der Waals surface area contributed by atoms with Crippen molar-refractivity contribution < 1.29 is 13.9 Å². The lowest BCUT2D eigenvalue weighted by molar-refractivity contribution is -0.0318. The van der Waals surface area contributed by atoms with Crippen molar-refractivity contribution in [3.05, 3.63) is 30.1 Å². The average Bonchev–Trinajstić information content (AvgIpc) is 2.74. The second kappa shape index (κ2) is 13.2. The van der Waals surface area contributed by atoms with Crippen molar-refractivity contribution in [2.75, 3.05) is 64.0 Å². The Balaban J connectivity index is 0.00000300. The quantitative estimate of drug-likeness (QED) is 0.259. The third-order valence-corrected chi connectivity index (χ3v) is 5.19. The molecule has 2 fully saturated rings. The van der Waals surface area contributed by atoms with Gasteiger partial charge in [0.15, 0.2) is 5.96 Å². The van der Waals surface area contributed by atoms with Gasteiger partial charge in [-0.15, -0.1) is 24.0 Å². The van der Waals surface area contributed by atoms with Crippen molar-refractivity contribution >= 4 is 35.6 Å². The molecule has 0 radical (unpaired) electrons. The number of benzene rings is 1. The minimum Gasteiger partial charge on any atom is -0.381 e. The molecular weight excluding hydrogens is 486 g/mol. The summed E-state index contributed by atoms with van der Waals surface area (Å²) in [6, 6.07) is 6.99. The molecule has 0 amide bonds. The van der Waals surface area contributed by atoms with Crippen LogP contribution in [0.5, 0.6) is 0 Å². The van der Waals surface area contributed by atoms with Gasteiger partial charge in [0.1, 0.15) is 5.82 Å². The molecule has 3 rings (SSSR count). The van der Waals surface area contributed by atoms with E-state index in [0.29, 0.717) is 11.8 Å². The van der Waals surface area contributed by atoms with Crippen LogP contribution in [-0.2, 0) is 9.47 Å². The molecular formula is C21H34FIN4O2. The van der Waals surface area contributed by atoms with Gasteiger partial charge in [-0.25, -0.2) is 4.39 Å². The maximum absolute atomic E-state index is 14.0. The Morgan fingerprint density at radius 2 is 1.93 bits per heavy atom. The Kier molecular flexibility index (Phi) is 11.0. The number of guanidine groups is 1. The highest BCUT2D eigenvalue weighted by Gasteiger charge is 2.21. The van der Waals surface area contributed by atoms with Crippen LogP contribution in [0.15, 0.2) is 29.3 Å². The van der Waals surface area contributed by atoms with Gasteiger partial charge in [0.25, 0.3) is 0 Å². The Hall–Kier alpha value is -1.13. The molecule has 29 heavy (non-hydrogen) atoms. The number of anilines is 1. The molecule has 8 heteroatoms. The molecule has 0 spiro atoms. The Bertz CT molecular complexity index is 620. The number of ether oxygens (including phenoxy) is 2. The van der Waals surface area contributed by atoms with E-state index in [1.165, 1.54) is 6.07 Å². The lowest BCUT2D eigenvalue weighted by atomic mass is 10.1. The monoisotopic (exact) mass is 520 g/mol. The molecule has 6 nitrogen and oxygen atoms in total. The van der Waals surface area contributed by atoms with Crippen molar-refractivity contribution in [3.8, 4) is 0 Å². The fourth-order valence-corrected chi connectivity index (χ4v) is 3.64. The van der Waals surface area contributed by atoms with Crippen LogP contribution in [-0.4, -0.2) is 76.1 Å². The van der Waals surface area contributed by atoms with Crippen LogP contribution in [0, 0.1) is 5.82 Å². The third kappa shape index (κ3) is 7.57. The Labute approximate surface area is 190 Å². The first-order chi connectivity index (χ1) is 13.8. The lowest BCUT2D eigenvalue weighted by Gasteiger charge is -2.37. The Morgan fingerprint density at radius 1 is 1.21 bits per heavy atom. The number of aliphatic imine (C=N–C) groups is 1. The molecule has 0 aromatic heterocycles. The normalized spacial score (nSPS) is 18.5. The molecule has 0 unspecified atom stereocenters. The smallest absolute Gasteiger partial charge is 0.194 e. The molecule has 2 aliphatic rings. The molecule has 0 bridgehead atoms. The van der Waals surface area contributed by atoms with Crippen molar-refractivity contribution in [1.82, 2.24) is 10.2 Å². The maximum Gasteiger partial charge on any atom is 0.194 e. The summed E-state index contributed by atoms with van der Waals surface area (Å²) in [6.07, 6.45) is 3.26. The van der Waals surface area contributed by atoms with Gasteiger partial charge in [0.2, 0.25) is 0 Å². The molecule has 2 aliphatic heterocycles. The molecule has 1 aromatic carbocycles. The predicted molar refractivity (Wildman–Crippen MR) is 126 cm³/mol. The molecule has 2 saturated heterocycles. The Morgan fingerprint density at radius 3 is 2.62 bits per heavy atom. The summed E-state index contributed by atoms with van der Waals surface area (Å²) in [6.45, 7) is 9.28. The standard InChI is InChI=1S/C21H33FN4O2.HI/c1-2-23-21(24-10-5-15-28-18-8-16-27-17-9-18)26-13-11-25(12-14-26)20-7-4-3-6-19(20)22;/h3-4,6-7,18H,2,5,8-17H2,1H3,(H,23,24);1H.